The summed E-state index contributed by atoms with van der Waals surface area (Å²) < 4.78 is 0. The summed E-state index contributed by atoms with van der Waals surface area (Å²) in [4.78, 5) is 2.53. The van der Waals surface area contributed by atoms with Crippen molar-refractivity contribution in [1.29, 1.82) is 0 Å². The van der Waals surface area contributed by atoms with Crippen molar-refractivity contribution in [1.82, 2.24) is 0 Å². The first kappa shape index (κ1) is 15.1. The molecule has 0 spiro atoms. The van der Waals surface area contributed by atoms with Crippen LogP contribution < -0.4 is 10.6 Å². The predicted molar refractivity (Wildman–Crippen MR) is 94.4 cm³/mol. The molecule has 2 N–H and O–H groups in total. The van der Waals surface area contributed by atoms with E-state index in [0.717, 1.165) is 38.4 Å². The minimum Gasteiger partial charge on any atom is -0.371 e. The van der Waals surface area contributed by atoms with Gasteiger partial charge in [-0.3, -0.25) is 0 Å². The van der Waals surface area contributed by atoms with E-state index in [1.807, 2.05) is 0 Å². The van der Waals surface area contributed by atoms with E-state index in [1.54, 1.807) is 0 Å². The minimum atomic E-state index is 0.720. The smallest absolute Gasteiger partial charge is 0.0368 e. The lowest BCUT2D eigenvalue weighted by Gasteiger charge is -2.34. The molecule has 0 bridgehead atoms. The maximum absolute atomic E-state index is 5.62. The lowest BCUT2D eigenvalue weighted by atomic mass is 9.89. The van der Waals surface area contributed by atoms with Crippen LogP contribution in [-0.4, -0.2) is 19.6 Å². The Balaban J connectivity index is 1.61. The van der Waals surface area contributed by atoms with Gasteiger partial charge in [-0.2, -0.15) is 0 Å². The Morgan fingerprint density at radius 2 is 1.73 bits per heavy atom. The van der Waals surface area contributed by atoms with Crippen molar-refractivity contribution in [3.05, 3.63) is 65.7 Å². The molecular weight excluding hydrogens is 268 g/mol. The van der Waals surface area contributed by atoms with Crippen molar-refractivity contribution in [3.63, 3.8) is 0 Å². The molecule has 2 aromatic carbocycles. The molecule has 0 aromatic heterocycles. The Labute approximate surface area is 134 Å². The van der Waals surface area contributed by atoms with Crippen LogP contribution in [0.5, 0.6) is 0 Å². The summed E-state index contributed by atoms with van der Waals surface area (Å²) >= 11 is 0. The van der Waals surface area contributed by atoms with Crippen LogP contribution in [0.2, 0.25) is 0 Å². The van der Waals surface area contributed by atoms with Crippen molar-refractivity contribution in [2.75, 3.05) is 24.5 Å². The molecule has 1 heterocycles. The van der Waals surface area contributed by atoms with Crippen LogP contribution in [0, 0.1) is 0 Å². The quantitative estimate of drug-likeness (QED) is 0.904. The van der Waals surface area contributed by atoms with Crippen LogP contribution >= 0.6 is 0 Å². The molecule has 3 rings (SSSR count). The first-order chi connectivity index (χ1) is 10.9. The Kier molecular flexibility index (Phi) is 5.12. The Hall–Kier alpha value is -1.80. The van der Waals surface area contributed by atoms with Crippen LogP contribution in [0.4, 0.5) is 5.69 Å². The molecular formula is C20H26N2. The van der Waals surface area contributed by atoms with Gasteiger partial charge >= 0.3 is 0 Å². The zero-order valence-corrected chi connectivity index (χ0v) is 13.2. The normalized spacial score (nSPS) is 16.0. The first-order valence-corrected chi connectivity index (χ1v) is 8.46. The van der Waals surface area contributed by atoms with Crippen molar-refractivity contribution >= 4 is 5.69 Å². The van der Waals surface area contributed by atoms with Gasteiger partial charge < -0.3 is 10.6 Å². The molecule has 116 valence electrons. The van der Waals surface area contributed by atoms with Crippen molar-refractivity contribution in [2.45, 2.75) is 31.6 Å². The molecule has 1 fully saturated rings. The molecule has 22 heavy (non-hydrogen) atoms. The molecule has 2 heteroatoms. The maximum atomic E-state index is 5.62. The van der Waals surface area contributed by atoms with Crippen molar-refractivity contribution < 1.29 is 0 Å². The van der Waals surface area contributed by atoms with Gasteiger partial charge in [0.1, 0.15) is 0 Å². The van der Waals surface area contributed by atoms with Crippen molar-refractivity contribution in [3.8, 4) is 0 Å². The van der Waals surface area contributed by atoms with E-state index in [1.165, 1.54) is 29.7 Å². The third-order valence-corrected chi connectivity index (χ3v) is 4.71. The highest BCUT2D eigenvalue weighted by Crippen LogP contribution is 2.30. The van der Waals surface area contributed by atoms with E-state index >= 15 is 0 Å². The Morgan fingerprint density at radius 3 is 2.45 bits per heavy atom. The number of anilines is 1. The van der Waals surface area contributed by atoms with Gasteiger partial charge in [0, 0.05) is 18.8 Å². The van der Waals surface area contributed by atoms with Gasteiger partial charge in [0.05, 0.1) is 0 Å². The van der Waals surface area contributed by atoms with Gasteiger partial charge in [0.15, 0.2) is 0 Å². The lowest BCUT2D eigenvalue weighted by Crippen LogP contribution is -2.32. The number of piperidine rings is 1. The molecule has 1 aliphatic rings. The highest BCUT2D eigenvalue weighted by molar-refractivity contribution is 5.49. The molecule has 2 aromatic rings. The lowest BCUT2D eigenvalue weighted by molar-refractivity contribution is 0.505. The number of aryl methyl sites for hydroxylation is 1. The molecule has 0 amide bonds. The number of nitrogens with zero attached hydrogens (tertiary/aromatic N) is 1. The van der Waals surface area contributed by atoms with Gasteiger partial charge in [0.2, 0.25) is 0 Å². The highest BCUT2D eigenvalue weighted by Gasteiger charge is 2.20. The fourth-order valence-electron chi connectivity index (χ4n) is 3.41. The van der Waals surface area contributed by atoms with Crippen LogP contribution in [0.15, 0.2) is 54.6 Å². The molecule has 1 aliphatic heterocycles. The van der Waals surface area contributed by atoms with Crippen LogP contribution in [0.1, 0.15) is 36.3 Å². The topological polar surface area (TPSA) is 29.3 Å². The molecule has 0 radical (unpaired) electrons. The van der Waals surface area contributed by atoms with E-state index in [9.17, 15) is 0 Å². The number of hydrogen-bond acceptors (Lipinski definition) is 2. The van der Waals surface area contributed by atoms with Gasteiger partial charge in [0.25, 0.3) is 0 Å². The third-order valence-electron chi connectivity index (χ3n) is 4.71. The van der Waals surface area contributed by atoms with Gasteiger partial charge in [-0.05, 0) is 61.4 Å². The fourth-order valence-corrected chi connectivity index (χ4v) is 3.41. The molecule has 0 aliphatic carbocycles. The number of hydrogen-bond donors (Lipinski definition) is 1. The summed E-state index contributed by atoms with van der Waals surface area (Å²) in [5.41, 5.74) is 9.90. The fraction of sp³-hybridized carbons (Fsp3) is 0.400. The SMILES string of the molecule is NCCCc1cccc(N2CCC(c3ccccc3)CC2)c1. The minimum absolute atomic E-state index is 0.720. The van der Waals surface area contributed by atoms with Gasteiger partial charge in [-0.25, -0.2) is 0 Å². The van der Waals surface area contributed by atoms with Crippen LogP contribution in [-0.2, 0) is 6.42 Å². The van der Waals surface area contributed by atoms with Crippen LogP contribution in [0.25, 0.3) is 0 Å². The third kappa shape index (κ3) is 3.69. The maximum Gasteiger partial charge on any atom is 0.0368 e. The summed E-state index contributed by atoms with van der Waals surface area (Å²) in [5.74, 6) is 0.720. The summed E-state index contributed by atoms with van der Waals surface area (Å²) in [6.45, 7) is 3.08. The van der Waals surface area contributed by atoms with Crippen LogP contribution in [0.3, 0.4) is 0 Å². The summed E-state index contributed by atoms with van der Waals surface area (Å²) in [7, 11) is 0. The van der Waals surface area contributed by atoms with Gasteiger partial charge in [-0.1, -0.05) is 42.5 Å². The number of rotatable bonds is 5. The molecule has 1 saturated heterocycles. The van der Waals surface area contributed by atoms with E-state index in [0.29, 0.717) is 0 Å². The molecule has 0 saturated carbocycles. The first-order valence-electron chi connectivity index (χ1n) is 8.46. The second kappa shape index (κ2) is 7.46. The molecule has 2 nitrogen and oxygen atoms in total. The second-order valence-corrected chi connectivity index (χ2v) is 6.23. The van der Waals surface area contributed by atoms with E-state index < -0.39 is 0 Å². The number of benzene rings is 2. The monoisotopic (exact) mass is 294 g/mol. The summed E-state index contributed by atoms with van der Waals surface area (Å²) in [5, 5.41) is 0. The summed E-state index contributed by atoms with van der Waals surface area (Å²) in [6.07, 6.45) is 4.65. The average molecular weight is 294 g/mol. The Bertz CT molecular complexity index is 571. The molecule has 0 atom stereocenters. The molecule has 0 unspecified atom stereocenters. The summed E-state index contributed by atoms with van der Waals surface area (Å²) in [6, 6.07) is 20.0. The Morgan fingerprint density at radius 1 is 0.955 bits per heavy atom. The number of nitrogens with two attached hydrogens (primary N) is 1. The average Bonchev–Trinajstić information content (AvgIpc) is 2.61. The second-order valence-electron chi connectivity index (χ2n) is 6.23. The highest BCUT2D eigenvalue weighted by atomic mass is 15.1. The largest absolute Gasteiger partial charge is 0.371 e. The zero-order chi connectivity index (χ0) is 15.2. The van der Waals surface area contributed by atoms with E-state index in [2.05, 4.69) is 59.5 Å². The standard InChI is InChI=1S/C20H26N2/c21-13-5-7-17-6-4-10-20(16-17)22-14-11-19(12-15-22)18-8-2-1-3-9-18/h1-4,6,8-10,16,19H,5,7,11-15,21H2. The predicted octanol–water partition coefficient (Wildman–Crippen LogP) is 3.96. The van der Waals surface area contributed by atoms with Gasteiger partial charge in [-0.15, -0.1) is 0 Å². The van der Waals surface area contributed by atoms with E-state index in [-0.39, 0.29) is 0 Å². The van der Waals surface area contributed by atoms with Crippen molar-refractivity contribution in [2.24, 2.45) is 5.73 Å². The van der Waals surface area contributed by atoms with E-state index in [4.69, 9.17) is 5.73 Å². The zero-order valence-electron chi connectivity index (χ0n) is 13.2.